The van der Waals surface area contributed by atoms with E-state index in [0.717, 1.165) is 19.6 Å². The minimum atomic E-state index is -0.671. The molecule has 0 saturated carbocycles. The topological polar surface area (TPSA) is 41.5 Å². The third-order valence-corrected chi connectivity index (χ3v) is 3.45. The molecule has 18 heavy (non-hydrogen) atoms. The van der Waals surface area contributed by atoms with Crippen LogP contribution in [0.3, 0.4) is 0 Å². The molecule has 2 rings (SSSR count). The zero-order valence-electron chi connectivity index (χ0n) is 10.6. The van der Waals surface area contributed by atoms with Crippen LogP contribution < -0.4 is 5.32 Å². The fourth-order valence-electron chi connectivity index (χ4n) is 2.28. The van der Waals surface area contributed by atoms with Crippen molar-refractivity contribution in [3.05, 3.63) is 35.6 Å². The van der Waals surface area contributed by atoms with Crippen LogP contribution in [0.4, 0.5) is 4.39 Å². The second-order valence-corrected chi connectivity index (χ2v) is 4.93. The number of ether oxygens (including phenoxy) is 1. The first-order chi connectivity index (χ1) is 8.66. The maximum Gasteiger partial charge on any atom is 0.123 e. The van der Waals surface area contributed by atoms with E-state index in [-0.39, 0.29) is 5.82 Å². The van der Waals surface area contributed by atoms with Gasteiger partial charge < -0.3 is 15.2 Å². The Morgan fingerprint density at radius 3 is 3.11 bits per heavy atom. The summed E-state index contributed by atoms with van der Waals surface area (Å²) in [7, 11) is 0. The lowest BCUT2D eigenvalue weighted by atomic mass is 9.97. The number of nitrogens with one attached hydrogen (secondary N) is 1. The van der Waals surface area contributed by atoms with Crippen LogP contribution in [0.15, 0.2) is 24.3 Å². The van der Waals surface area contributed by atoms with Crippen LogP contribution in [-0.4, -0.2) is 30.9 Å². The van der Waals surface area contributed by atoms with Crippen molar-refractivity contribution in [2.45, 2.75) is 25.5 Å². The molecule has 0 aliphatic carbocycles. The van der Waals surface area contributed by atoms with Gasteiger partial charge >= 0.3 is 0 Å². The van der Waals surface area contributed by atoms with Gasteiger partial charge in [-0.3, -0.25) is 0 Å². The van der Waals surface area contributed by atoms with Crippen molar-refractivity contribution in [2.24, 2.45) is 5.92 Å². The van der Waals surface area contributed by atoms with E-state index in [1.54, 1.807) is 12.1 Å². The Morgan fingerprint density at radius 1 is 1.56 bits per heavy atom. The Balaban J connectivity index is 1.86. The average molecular weight is 253 g/mol. The van der Waals surface area contributed by atoms with Crippen molar-refractivity contribution >= 4 is 0 Å². The van der Waals surface area contributed by atoms with Crippen molar-refractivity contribution < 1.29 is 14.2 Å². The van der Waals surface area contributed by atoms with Crippen LogP contribution in [0.2, 0.25) is 0 Å². The summed E-state index contributed by atoms with van der Waals surface area (Å²) >= 11 is 0. The van der Waals surface area contributed by atoms with Crippen LogP contribution >= 0.6 is 0 Å². The van der Waals surface area contributed by atoms with Crippen molar-refractivity contribution in [1.29, 1.82) is 0 Å². The monoisotopic (exact) mass is 253 g/mol. The van der Waals surface area contributed by atoms with Gasteiger partial charge in [-0.15, -0.1) is 0 Å². The van der Waals surface area contributed by atoms with Gasteiger partial charge in [-0.25, -0.2) is 4.39 Å². The van der Waals surface area contributed by atoms with Crippen molar-refractivity contribution in [3.63, 3.8) is 0 Å². The summed E-state index contributed by atoms with van der Waals surface area (Å²) in [5.74, 6) is 0.129. The summed E-state index contributed by atoms with van der Waals surface area (Å²) in [6.07, 6.45) is 0.285. The number of aliphatic hydroxyl groups is 1. The molecule has 0 bridgehead atoms. The number of aliphatic hydroxyl groups excluding tert-OH is 1. The Bertz CT molecular complexity index is 386. The second-order valence-electron chi connectivity index (χ2n) is 4.93. The Hall–Kier alpha value is -0.970. The number of hydrogen-bond donors (Lipinski definition) is 2. The van der Waals surface area contributed by atoms with E-state index in [0.29, 0.717) is 24.1 Å². The lowest BCUT2D eigenvalue weighted by molar-refractivity contribution is 0.0348. The van der Waals surface area contributed by atoms with Gasteiger partial charge in [0.05, 0.1) is 12.7 Å². The van der Waals surface area contributed by atoms with Gasteiger partial charge in [0.2, 0.25) is 0 Å². The Kier molecular flexibility index (Phi) is 4.69. The predicted molar refractivity (Wildman–Crippen MR) is 67.8 cm³/mol. The molecular weight excluding hydrogens is 233 g/mol. The van der Waals surface area contributed by atoms with Crippen LogP contribution in [0.25, 0.3) is 0 Å². The number of rotatable bonds is 4. The van der Waals surface area contributed by atoms with Crippen molar-refractivity contribution in [3.8, 4) is 0 Å². The highest BCUT2D eigenvalue weighted by Gasteiger charge is 2.22. The van der Waals surface area contributed by atoms with Crippen LogP contribution in [0.5, 0.6) is 0 Å². The zero-order valence-corrected chi connectivity index (χ0v) is 10.6. The largest absolute Gasteiger partial charge is 0.387 e. The molecule has 3 nitrogen and oxygen atoms in total. The van der Waals surface area contributed by atoms with E-state index < -0.39 is 6.10 Å². The molecule has 1 fully saturated rings. The van der Waals surface area contributed by atoms with E-state index in [1.807, 2.05) is 0 Å². The first-order valence-electron chi connectivity index (χ1n) is 6.41. The smallest absolute Gasteiger partial charge is 0.123 e. The third kappa shape index (κ3) is 3.51. The van der Waals surface area contributed by atoms with Crippen molar-refractivity contribution in [2.75, 3.05) is 19.8 Å². The van der Waals surface area contributed by atoms with E-state index >= 15 is 0 Å². The quantitative estimate of drug-likeness (QED) is 0.860. The molecule has 2 N–H and O–H groups in total. The van der Waals surface area contributed by atoms with Gasteiger partial charge in [-0.1, -0.05) is 19.1 Å². The first kappa shape index (κ1) is 13.5. The van der Waals surface area contributed by atoms with E-state index in [4.69, 9.17) is 4.74 Å². The fraction of sp³-hybridized carbons (Fsp3) is 0.571. The SMILES string of the molecule is CC1COCCC1NCC(O)c1cccc(F)c1. The molecule has 0 aromatic heterocycles. The average Bonchev–Trinajstić information content (AvgIpc) is 2.37. The zero-order chi connectivity index (χ0) is 13.0. The minimum Gasteiger partial charge on any atom is -0.387 e. The molecule has 0 spiro atoms. The Labute approximate surface area is 107 Å². The summed E-state index contributed by atoms with van der Waals surface area (Å²) in [4.78, 5) is 0. The molecule has 1 aromatic carbocycles. The molecule has 100 valence electrons. The van der Waals surface area contributed by atoms with E-state index in [9.17, 15) is 9.50 Å². The molecule has 0 radical (unpaired) electrons. The normalized spacial score (nSPS) is 25.9. The van der Waals surface area contributed by atoms with Gasteiger partial charge in [-0.05, 0) is 30.0 Å². The first-order valence-corrected chi connectivity index (χ1v) is 6.41. The van der Waals surface area contributed by atoms with Crippen molar-refractivity contribution in [1.82, 2.24) is 5.32 Å². The highest BCUT2D eigenvalue weighted by Crippen LogP contribution is 2.17. The summed E-state index contributed by atoms with van der Waals surface area (Å²) in [6, 6.07) is 6.47. The lowest BCUT2D eigenvalue weighted by Gasteiger charge is -2.30. The van der Waals surface area contributed by atoms with Gasteiger partial charge in [-0.2, -0.15) is 0 Å². The van der Waals surface area contributed by atoms with E-state index in [2.05, 4.69) is 12.2 Å². The molecule has 3 atom stereocenters. The minimum absolute atomic E-state index is 0.314. The molecule has 4 heteroatoms. The van der Waals surface area contributed by atoms with Gasteiger partial charge in [0.25, 0.3) is 0 Å². The predicted octanol–water partition coefficient (Wildman–Crippen LogP) is 1.87. The summed E-state index contributed by atoms with van der Waals surface area (Å²) < 4.78 is 18.4. The highest BCUT2D eigenvalue weighted by atomic mass is 19.1. The van der Waals surface area contributed by atoms with Gasteiger partial charge in [0.15, 0.2) is 0 Å². The number of hydrogen-bond acceptors (Lipinski definition) is 3. The van der Waals surface area contributed by atoms with Gasteiger partial charge in [0, 0.05) is 19.2 Å². The van der Waals surface area contributed by atoms with Crippen LogP contribution in [0.1, 0.15) is 25.0 Å². The maximum atomic E-state index is 13.0. The number of halogens is 1. The third-order valence-electron chi connectivity index (χ3n) is 3.45. The van der Waals surface area contributed by atoms with Crippen LogP contribution in [0, 0.1) is 11.7 Å². The van der Waals surface area contributed by atoms with Gasteiger partial charge in [0.1, 0.15) is 5.82 Å². The molecule has 3 unspecified atom stereocenters. The summed E-state index contributed by atoms with van der Waals surface area (Å²) in [6.45, 7) is 4.09. The molecule has 0 amide bonds. The molecule has 1 heterocycles. The van der Waals surface area contributed by atoms with Crippen LogP contribution in [-0.2, 0) is 4.74 Å². The number of benzene rings is 1. The molecule has 1 aliphatic rings. The maximum absolute atomic E-state index is 13.0. The molecule has 1 aliphatic heterocycles. The highest BCUT2D eigenvalue weighted by molar-refractivity contribution is 5.19. The molecule has 1 saturated heterocycles. The van der Waals surface area contributed by atoms with E-state index in [1.165, 1.54) is 12.1 Å². The Morgan fingerprint density at radius 2 is 2.39 bits per heavy atom. The lowest BCUT2D eigenvalue weighted by Crippen LogP contribution is -2.43. The second kappa shape index (κ2) is 6.27. The summed E-state index contributed by atoms with van der Waals surface area (Å²) in [5, 5.41) is 13.3. The molecular formula is C14H20FNO2. The fourth-order valence-corrected chi connectivity index (χ4v) is 2.28. The summed E-state index contributed by atoms with van der Waals surface area (Å²) in [5.41, 5.74) is 0.613. The standard InChI is InChI=1S/C14H20FNO2/c1-10-9-18-6-5-13(10)16-8-14(17)11-3-2-4-12(15)7-11/h2-4,7,10,13-14,16-17H,5-6,8-9H2,1H3. The molecule has 1 aromatic rings.